The third-order valence-electron chi connectivity index (χ3n) is 8.46. The van der Waals surface area contributed by atoms with E-state index in [1.807, 2.05) is 24.3 Å². The average molecular weight is 686 g/mol. The maximum atomic E-state index is 13.2. The number of nitrogens with zero attached hydrogens (tertiary/aromatic N) is 3. The Kier molecular flexibility index (Phi) is 11.0. The largest absolute Gasteiger partial charge is 0.497 e. The Bertz CT molecular complexity index is 1620. The number of carbonyl (C=O) groups is 1. The van der Waals surface area contributed by atoms with Crippen molar-refractivity contribution < 1.29 is 32.5 Å². The van der Waals surface area contributed by atoms with Gasteiger partial charge in [0.1, 0.15) is 16.5 Å². The number of hydrogen-bond donors (Lipinski definition) is 1. The van der Waals surface area contributed by atoms with Gasteiger partial charge in [0.25, 0.3) is 0 Å². The molecule has 4 aromatic rings. The first-order valence-corrected chi connectivity index (χ1v) is 17.3. The van der Waals surface area contributed by atoms with Gasteiger partial charge in [0.2, 0.25) is 5.60 Å². The Morgan fingerprint density at radius 2 is 1.53 bits per heavy atom. The van der Waals surface area contributed by atoms with Crippen molar-refractivity contribution in [3.8, 4) is 22.1 Å². The van der Waals surface area contributed by atoms with E-state index in [9.17, 15) is 23.1 Å². The van der Waals surface area contributed by atoms with Crippen molar-refractivity contribution >= 4 is 34.8 Å². The van der Waals surface area contributed by atoms with Crippen molar-refractivity contribution in [3.63, 3.8) is 0 Å². The zero-order chi connectivity index (χ0) is 33.6. The minimum Gasteiger partial charge on any atom is -0.497 e. The molecule has 1 aliphatic rings. The van der Waals surface area contributed by atoms with Crippen LogP contribution in [0.5, 0.6) is 11.5 Å². The number of carboxylic acids is 1. The fraction of sp³-hybridized carbons (Fsp3) is 0.371. The number of halogens is 3. The third kappa shape index (κ3) is 8.41. The molecule has 2 heterocycles. The monoisotopic (exact) mass is 685 g/mol. The summed E-state index contributed by atoms with van der Waals surface area (Å²) in [6.45, 7) is 7.66. The number of benzene rings is 3. The van der Waals surface area contributed by atoms with Crippen molar-refractivity contribution in [1.29, 1.82) is 0 Å². The SMILES string of the molecule is CCC(CC)(Oc1ccc(SCc2sc(-c3ccc(C(F)(F)F)cc3)nc2CN2CCN(c3ccc(OC)cc3)CC2)cc1)C(=O)O. The van der Waals surface area contributed by atoms with Gasteiger partial charge in [0, 0.05) is 59.5 Å². The van der Waals surface area contributed by atoms with E-state index in [0.717, 1.165) is 65.2 Å². The molecule has 0 unspecified atom stereocenters. The minimum absolute atomic E-state index is 0.348. The van der Waals surface area contributed by atoms with Gasteiger partial charge in [-0.1, -0.05) is 26.0 Å². The van der Waals surface area contributed by atoms with Crippen LogP contribution in [0.3, 0.4) is 0 Å². The summed E-state index contributed by atoms with van der Waals surface area (Å²) >= 11 is 3.12. The van der Waals surface area contributed by atoms with E-state index in [1.54, 1.807) is 44.9 Å². The number of thioether (sulfide) groups is 1. The predicted octanol–water partition coefficient (Wildman–Crippen LogP) is 8.47. The van der Waals surface area contributed by atoms with Gasteiger partial charge >= 0.3 is 12.1 Å². The number of hydrogen-bond acceptors (Lipinski definition) is 8. The molecule has 47 heavy (non-hydrogen) atoms. The van der Waals surface area contributed by atoms with Crippen LogP contribution in [-0.2, 0) is 23.3 Å². The van der Waals surface area contributed by atoms with Gasteiger partial charge in [-0.3, -0.25) is 4.90 Å². The smallest absolute Gasteiger partial charge is 0.416 e. The molecule has 0 saturated carbocycles. The number of aliphatic carboxylic acids is 1. The fourth-order valence-electron chi connectivity index (χ4n) is 5.43. The van der Waals surface area contributed by atoms with E-state index >= 15 is 0 Å². The standard InChI is InChI=1S/C35H38F3N3O4S2/c1-4-34(5-2,33(42)43)45-28-14-16-29(17-15-28)46-23-31-30(39-32(47-31)24-6-8-25(9-7-24)35(36,37)38)22-40-18-20-41(21-19-40)26-10-12-27(44-3)13-11-26/h6-17H,4-5,18-23H2,1-3H3,(H,42,43). The predicted molar refractivity (Wildman–Crippen MR) is 181 cm³/mol. The van der Waals surface area contributed by atoms with Gasteiger partial charge in [-0.15, -0.1) is 23.1 Å². The first kappa shape index (κ1) is 34.6. The summed E-state index contributed by atoms with van der Waals surface area (Å²) in [7, 11) is 1.65. The van der Waals surface area contributed by atoms with Crippen LogP contribution in [0.15, 0.2) is 77.7 Å². The van der Waals surface area contributed by atoms with Gasteiger partial charge < -0.3 is 19.5 Å². The lowest BCUT2D eigenvalue weighted by Gasteiger charge is -2.36. The molecule has 1 saturated heterocycles. The molecular formula is C35H38F3N3O4S2. The molecule has 5 rings (SSSR count). The summed E-state index contributed by atoms with van der Waals surface area (Å²) in [5, 5.41) is 10.4. The number of ether oxygens (including phenoxy) is 2. The molecule has 1 fully saturated rings. The summed E-state index contributed by atoms with van der Waals surface area (Å²) in [4.78, 5) is 23.6. The Balaban J connectivity index is 1.30. The highest BCUT2D eigenvalue weighted by atomic mass is 32.2. The Morgan fingerprint density at radius 3 is 2.09 bits per heavy atom. The quantitative estimate of drug-likeness (QED) is 0.141. The van der Waals surface area contributed by atoms with Gasteiger partial charge in [-0.25, -0.2) is 9.78 Å². The van der Waals surface area contributed by atoms with Gasteiger partial charge in [-0.05, 0) is 73.5 Å². The maximum Gasteiger partial charge on any atom is 0.416 e. The lowest BCUT2D eigenvalue weighted by Crippen LogP contribution is -2.46. The Morgan fingerprint density at radius 1 is 0.915 bits per heavy atom. The molecular weight excluding hydrogens is 648 g/mol. The van der Waals surface area contributed by atoms with Crippen LogP contribution in [0, 0.1) is 0 Å². The van der Waals surface area contributed by atoms with Crippen LogP contribution in [0.1, 0.15) is 42.8 Å². The number of alkyl halides is 3. The molecule has 0 aliphatic carbocycles. The lowest BCUT2D eigenvalue weighted by atomic mass is 9.97. The van der Waals surface area contributed by atoms with E-state index in [4.69, 9.17) is 14.5 Å². The molecule has 1 N–H and O–H groups in total. The van der Waals surface area contributed by atoms with Crippen LogP contribution in [0.2, 0.25) is 0 Å². The van der Waals surface area contributed by atoms with Crippen LogP contribution < -0.4 is 14.4 Å². The molecule has 3 aromatic carbocycles. The van der Waals surface area contributed by atoms with E-state index in [0.29, 0.717) is 41.5 Å². The van der Waals surface area contributed by atoms with E-state index in [2.05, 4.69) is 21.9 Å². The number of piperazine rings is 1. The summed E-state index contributed by atoms with van der Waals surface area (Å²) < 4.78 is 50.8. The Hall–Kier alpha value is -3.74. The number of thiazole rings is 1. The zero-order valence-electron chi connectivity index (χ0n) is 26.5. The van der Waals surface area contributed by atoms with Crippen LogP contribution >= 0.6 is 23.1 Å². The summed E-state index contributed by atoms with van der Waals surface area (Å²) in [5.74, 6) is 0.965. The van der Waals surface area contributed by atoms with E-state index in [-0.39, 0.29) is 0 Å². The highest BCUT2D eigenvalue weighted by Gasteiger charge is 2.37. The number of rotatable bonds is 13. The van der Waals surface area contributed by atoms with Crippen molar-refractivity contribution in [3.05, 3.63) is 88.9 Å². The lowest BCUT2D eigenvalue weighted by molar-refractivity contribution is -0.156. The van der Waals surface area contributed by atoms with Gasteiger partial charge in [0.15, 0.2) is 0 Å². The molecule has 0 radical (unpaired) electrons. The molecule has 7 nitrogen and oxygen atoms in total. The highest BCUT2D eigenvalue weighted by Crippen LogP contribution is 2.36. The topological polar surface area (TPSA) is 75.1 Å². The van der Waals surface area contributed by atoms with E-state index in [1.165, 1.54) is 23.5 Å². The molecule has 250 valence electrons. The number of aromatic nitrogens is 1. The Labute approximate surface area is 281 Å². The van der Waals surface area contributed by atoms with Crippen LogP contribution in [-0.4, -0.2) is 59.8 Å². The van der Waals surface area contributed by atoms with Crippen LogP contribution in [0.4, 0.5) is 18.9 Å². The molecule has 1 aromatic heterocycles. The van der Waals surface area contributed by atoms with E-state index < -0.39 is 23.3 Å². The minimum atomic E-state index is -4.40. The summed E-state index contributed by atoms with van der Waals surface area (Å²) in [6.07, 6.45) is -3.70. The molecule has 0 spiro atoms. The first-order valence-electron chi connectivity index (χ1n) is 15.5. The molecule has 0 atom stereocenters. The van der Waals surface area contributed by atoms with Crippen molar-refractivity contribution in [2.75, 3.05) is 38.2 Å². The highest BCUT2D eigenvalue weighted by molar-refractivity contribution is 7.98. The second kappa shape index (κ2) is 15.0. The van der Waals surface area contributed by atoms with Crippen LogP contribution in [0.25, 0.3) is 10.6 Å². The molecule has 12 heteroatoms. The van der Waals surface area contributed by atoms with Gasteiger partial charge in [-0.2, -0.15) is 13.2 Å². The maximum absolute atomic E-state index is 13.2. The number of carboxylic acid groups (broad SMARTS) is 1. The normalized spacial score (nSPS) is 14.3. The van der Waals surface area contributed by atoms with Crippen molar-refractivity contribution in [2.45, 2.75) is 55.7 Å². The second-order valence-electron chi connectivity index (χ2n) is 11.3. The fourth-order valence-corrected chi connectivity index (χ4v) is 7.51. The van der Waals surface area contributed by atoms with Gasteiger partial charge in [0.05, 0.1) is 18.4 Å². The number of anilines is 1. The summed E-state index contributed by atoms with van der Waals surface area (Å²) in [6, 6.07) is 20.6. The molecule has 0 amide bonds. The van der Waals surface area contributed by atoms with Crippen molar-refractivity contribution in [2.24, 2.45) is 0 Å². The molecule has 1 aliphatic heterocycles. The zero-order valence-corrected chi connectivity index (χ0v) is 28.2. The molecule has 0 bridgehead atoms. The average Bonchev–Trinajstić information content (AvgIpc) is 3.49. The summed E-state index contributed by atoms with van der Waals surface area (Å²) in [5.41, 5.74) is 0.776. The van der Waals surface area contributed by atoms with Crippen molar-refractivity contribution in [1.82, 2.24) is 9.88 Å². The number of methoxy groups -OCH3 is 1. The third-order valence-corrected chi connectivity index (χ3v) is 10.8. The second-order valence-corrected chi connectivity index (χ2v) is 13.4. The first-order chi connectivity index (χ1) is 22.5.